The highest BCUT2D eigenvalue weighted by atomic mass is 16.5. The summed E-state index contributed by atoms with van der Waals surface area (Å²) in [6.07, 6.45) is 4.00. The summed E-state index contributed by atoms with van der Waals surface area (Å²) in [4.78, 5) is 34.8. The summed E-state index contributed by atoms with van der Waals surface area (Å²) in [5.41, 5.74) is 4.17. The number of hydrogen-bond acceptors (Lipinski definition) is 9. The summed E-state index contributed by atoms with van der Waals surface area (Å²) in [7, 11) is 0. The van der Waals surface area contributed by atoms with Gasteiger partial charge in [-0.15, -0.1) is 0 Å². The van der Waals surface area contributed by atoms with Gasteiger partial charge in [-0.2, -0.15) is 5.10 Å². The molecule has 2 amide bonds. The first-order chi connectivity index (χ1) is 21.4. The second-order valence-corrected chi connectivity index (χ2v) is 11.5. The van der Waals surface area contributed by atoms with Gasteiger partial charge in [0.15, 0.2) is 5.82 Å². The monoisotopic (exact) mass is 598 g/mol. The Bertz CT molecular complexity index is 1600. The number of anilines is 5. The molecule has 2 aliphatic heterocycles. The number of pyridine rings is 1. The quantitative estimate of drug-likeness (QED) is 0.186. The second kappa shape index (κ2) is 13.3. The molecule has 2 fully saturated rings. The molecule has 44 heavy (non-hydrogen) atoms. The van der Waals surface area contributed by atoms with E-state index in [1.165, 1.54) is 0 Å². The zero-order valence-corrected chi connectivity index (χ0v) is 24.8. The molecule has 12 nitrogen and oxygen atoms in total. The lowest BCUT2D eigenvalue weighted by atomic mass is 10.1. The Kier molecular flexibility index (Phi) is 8.89. The van der Waals surface area contributed by atoms with E-state index in [4.69, 9.17) is 9.72 Å². The standard InChI is InChI=1S/C32H38N8O4/c1-21-4-6-23(7-5-21)35-32(43)44-20-25-3-2-14-40(25)31-28(36-30(42)19-39-15-12-26(41)13-16-39)10-11-29(37-31)34-24-8-9-27-22(17-24)18-33-38-27/h4-11,17-18,25-26,41H,2-3,12-16,19-20H2,1H3,(H,33,38)(H,34,37)(H,35,43)(H,36,42)/t25-/m0/s1. The zero-order chi connectivity index (χ0) is 30.5. The Labute approximate surface area is 255 Å². The highest BCUT2D eigenvalue weighted by Gasteiger charge is 2.30. The van der Waals surface area contributed by atoms with Gasteiger partial charge in [0, 0.05) is 36.4 Å². The third-order valence-electron chi connectivity index (χ3n) is 8.14. The van der Waals surface area contributed by atoms with Crippen molar-refractivity contribution in [3.05, 3.63) is 66.4 Å². The number of nitrogens with one attached hydrogen (secondary N) is 4. The molecular weight excluding hydrogens is 560 g/mol. The molecule has 4 heterocycles. The summed E-state index contributed by atoms with van der Waals surface area (Å²) in [6, 6.07) is 17.0. The average molecular weight is 599 g/mol. The largest absolute Gasteiger partial charge is 0.447 e. The Morgan fingerprint density at radius 3 is 2.61 bits per heavy atom. The van der Waals surface area contributed by atoms with Crippen LogP contribution in [0.15, 0.2) is 60.8 Å². The second-order valence-electron chi connectivity index (χ2n) is 11.5. The molecule has 2 saturated heterocycles. The van der Waals surface area contributed by atoms with Gasteiger partial charge < -0.3 is 25.4 Å². The maximum Gasteiger partial charge on any atom is 0.411 e. The first-order valence-corrected chi connectivity index (χ1v) is 15.1. The molecule has 5 N–H and O–H groups in total. The predicted octanol–water partition coefficient (Wildman–Crippen LogP) is 4.62. The van der Waals surface area contributed by atoms with Gasteiger partial charge in [0.2, 0.25) is 5.91 Å². The van der Waals surface area contributed by atoms with Gasteiger partial charge in [-0.25, -0.2) is 9.78 Å². The highest BCUT2D eigenvalue weighted by Crippen LogP contribution is 2.33. The molecule has 6 rings (SSSR count). The van der Waals surface area contributed by atoms with Crippen LogP contribution in [0.5, 0.6) is 0 Å². The Morgan fingerprint density at radius 1 is 1.00 bits per heavy atom. The molecule has 0 spiro atoms. The summed E-state index contributed by atoms with van der Waals surface area (Å²) >= 11 is 0. The fraction of sp³-hybridized carbons (Fsp3) is 0.375. The van der Waals surface area contributed by atoms with Crippen LogP contribution in [0.3, 0.4) is 0 Å². The number of ether oxygens (including phenoxy) is 1. The van der Waals surface area contributed by atoms with E-state index in [-0.39, 0.29) is 31.2 Å². The van der Waals surface area contributed by atoms with E-state index in [1.807, 2.05) is 61.5 Å². The molecule has 0 radical (unpaired) electrons. The number of piperidine rings is 1. The number of carbonyl (C=O) groups is 2. The maximum absolute atomic E-state index is 13.1. The van der Waals surface area contributed by atoms with E-state index in [2.05, 4.69) is 35.9 Å². The molecule has 1 atom stereocenters. The molecule has 2 aromatic carbocycles. The molecule has 0 unspecified atom stereocenters. The fourth-order valence-electron chi connectivity index (χ4n) is 5.72. The summed E-state index contributed by atoms with van der Waals surface area (Å²) in [5, 5.41) is 27.1. The molecular formula is C32H38N8O4. The summed E-state index contributed by atoms with van der Waals surface area (Å²) < 4.78 is 5.64. The van der Waals surface area contributed by atoms with E-state index >= 15 is 0 Å². The fourth-order valence-corrected chi connectivity index (χ4v) is 5.72. The van der Waals surface area contributed by atoms with Gasteiger partial charge in [-0.3, -0.25) is 20.1 Å². The molecule has 2 aromatic heterocycles. The minimum absolute atomic E-state index is 0.108. The number of hydrogen-bond donors (Lipinski definition) is 5. The number of aliphatic hydroxyl groups excluding tert-OH is 1. The topological polar surface area (TPSA) is 148 Å². The van der Waals surface area contributed by atoms with Crippen molar-refractivity contribution in [2.75, 3.05) is 53.6 Å². The number of aromatic amines is 1. The molecule has 2 aliphatic rings. The first-order valence-electron chi connectivity index (χ1n) is 15.1. The van der Waals surface area contributed by atoms with Crippen LogP contribution >= 0.6 is 0 Å². The molecule has 0 aliphatic carbocycles. The Balaban J connectivity index is 1.18. The van der Waals surface area contributed by atoms with Crippen LogP contribution in [0.4, 0.5) is 33.5 Å². The van der Waals surface area contributed by atoms with E-state index in [0.29, 0.717) is 55.5 Å². The van der Waals surface area contributed by atoms with E-state index in [9.17, 15) is 14.7 Å². The van der Waals surface area contributed by atoms with Crippen molar-refractivity contribution in [3.8, 4) is 0 Å². The van der Waals surface area contributed by atoms with Crippen molar-refractivity contribution < 1.29 is 19.4 Å². The van der Waals surface area contributed by atoms with E-state index in [1.54, 1.807) is 6.20 Å². The van der Waals surface area contributed by atoms with Crippen LogP contribution in [0, 0.1) is 6.92 Å². The number of likely N-dealkylation sites (tertiary alicyclic amines) is 1. The highest BCUT2D eigenvalue weighted by molar-refractivity contribution is 5.95. The number of aromatic nitrogens is 3. The van der Waals surface area contributed by atoms with Crippen molar-refractivity contribution in [2.24, 2.45) is 0 Å². The lowest BCUT2D eigenvalue weighted by molar-refractivity contribution is -0.117. The van der Waals surface area contributed by atoms with Gasteiger partial charge in [-0.05, 0) is 75.1 Å². The minimum Gasteiger partial charge on any atom is -0.447 e. The smallest absolute Gasteiger partial charge is 0.411 e. The van der Waals surface area contributed by atoms with Crippen LogP contribution in [0.25, 0.3) is 10.9 Å². The van der Waals surface area contributed by atoms with E-state index in [0.717, 1.165) is 35.0 Å². The zero-order valence-electron chi connectivity index (χ0n) is 24.8. The van der Waals surface area contributed by atoms with Gasteiger partial charge in [0.1, 0.15) is 12.4 Å². The number of aryl methyl sites for hydroxylation is 1. The lowest BCUT2D eigenvalue weighted by Gasteiger charge is -2.30. The number of amides is 2. The number of rotatable bonds is 9. The minimum atomic E-state index is -0.515. The third-order valence-corrected chi connectivity index (χ3v) is 8.14. The normalized spacial score (nSPS) is 17.5. The Morgan fingerprint density at radius 2 is 1.80 bits per heavy atom. The summed E-state index contributed by atoms with van der Waals surface area (Å²) in [5.74, 6) is 1.10. The van der Waals surface area contributed by atoms with Crippen molar-refractivity contribution in [1.29, 1.82) is 0 Å². The van der Waals surface area contributed by atoms with Gasteiger partial charge in [0.25, 0.3) is 0 Å². The number of carbonyl (C=O) groups excluding carboxylic acids is 2. The van der Waals surface area contributed by atoms with Gasteiger partial charge in [-0.1, -0.05) is 17.7 Å². The van der Waals surface area contributed by atoms with Crippen LogP contribution < -0.4 is 20.9 Å². The third kappa shape index (κ3) is 7.26. The Hall–Kier alpha value is -4.68. The molecule has 4 aromatic rings. The van der Waals surface area contributed by atoms with E-state index < -0.39 is 6.09 Å². The van der Waals surface area contributed by atoms with Crippen LogP contribution in [0.1, 0.15) is 31.2 Å². The number of nitrogens with zero attached hydrogens (tertiary/aromatic N) is 4. The summed E-state index contributed by atoms with van der Waals surface area (Å²) in [6.45, 7) is 4.47. The molecule has 230 valence electrons. The van der Waals surface area contributed by atoms with Crippen molar-refractivity contribution >= 4 is 51.6 Å². The van der Waals surface area contributed by atoms with Crippen molar-refractivity contribution in [2.45, 2.75) is 44.8 Å². The molecule has 0 saturated carbocycles. The first kappa shape index (κ1) is 29.4. The number of fused-ring (bicyclic) bond motifs is 1. The number of aliphatic hydroxyl groups is 1. The van der Waals surface area contributed by atoms with Gasteiger partial charge in [0.05, 0.1) is 36.1 Å². The molecule has 0 bridgehead atoms. The van der Waals surface area contributed by atoms with Gasteiger partial charge >= 0.3 is 6.09 Å². The predicted molar refractivity (Wildman–Crippen MR) is 170 cm³/mol. The average Bonchev–Trinajstić information content (AvgIpc) is 3.69. The lowest BCUT2D eigenvalue weighted by Crippen LogP contribution is -2.41. The maximum atomic E-state index is 13.1. The SMILES string of the molecule is Cc1ccc(NC(=O)OC[C@@H]2CCCN2c2nc(Nc3ccc4[nH]ncc4c3)ccc2NC(=O)CN2CCC(O)CC2)cc1. The number of H-pyrrole nitrogens is 1. The van der Waals surface area contributed by atoms with Crippen LogP contribution in [-0.2, 0) is 9.53 Å². The van der Waals surface area contributed by atoms with Crippen molar-refractivity contribution in [1.82, 2.24) is 20.1 Å². The molecule has 12 heteroatoms. The van der Waals surface area contributed by atoms with Crippen LogP contribution in [0.2, 0.25) is 0 Å². The number of benzene rings is 2. The van der Waals surface area contributed by atoms with Crippen molar-refractivity contribution in [3.63, 3.8) is 0 Å². The van der Waals surface area contributed by atoms with Crippen LogP contribution in [-0.4, -0.2) is 82.1 Å².